The van der Waals surface area contributed by atoms with Gasteiger partial charge in [0.1, 0.15) is 18.1 Å². The van der Waals surface area contributed by atoms with Gasteiger partial charge in [-0.3, -0.25) is 9.48 Å². The number of rotatable bonds is 7. The van der Waals surface area contributed by atoms with E-state index in [0.29, 0.717) is 24.8 Å². The number of aryl methyl sites for hydroxylation is 2. The molecule has 0 saturated carbocycles. The minimum atomic E-state index is -0.114. The van der Waals surface area contributed by atoms with Crippen molar-refractivity contribution < 1.29 is 9.53 Å². The molecule has 2 rings (SSSR count). The van der Waals surface area contributed by atoms with Crippen LogP contribution in [-0.2, 0) is 6.54 Å². The zero-order valence-electron chi connectivity index (χ0n) is 15.2. The summed E-state index contributed by atoms with van der Waals surface area (Å²) < 4.78 is 7.50. The number of carbonyl (C=O) groups excluding carboxylic acids is 1. The van der Waals surface area contributed by atoms with Gasteiger partial charge in [-0.05, 0) is 50.5 Å². The molecule has 1 N–H and O–H groups in total. The van der Waals surface area contributed by atoms with E-state index in [1.165, 1.54) is 0 Å². The topological polar surface area (TPSA) is 56.2 Å². The second kappa shape index (κ2) is 7.99. The number of nitrogens with one attached hydrogen (secondary N) is 1. The molecule has 0 aliphatic heterocycles. The number of ether oxygens (including phenoxy) is 1. The lowest BCUT2D eigenvalue weighted by molar-refractivity contribution is 0.0916. The van der Waals surface area contributed by atoms with Crippen LogP contribution in [0, 0.1) is 6.92 Å². The molecule has 1 unspecified atom stereocenters. The summed E-state index contributed by atoms with van der Waals surface area (Å²) in [6, 6.07) is 9.66. The Kier molecular flexibility index (Phi) is 6.01. The number of hydrogen-bond acceptors (Lipinski definition) is 3. The first-order valence-electron chi connectivity index (χ1n) is 8.48. The molecule has 2 aromatic rings. The van der Waals surface area contributed by atoms with Crippen LogP contribution in [0.5, 0.6) is 5.75 Å². The number of hydrogen-bond donors (Lipinski definition) is 1. The van der Waals surface area contributed by atoms with E-state index in [2.05, 4.69) is 24.3 Å². The van der Waals surface area contributed by atoms with Crippen molar-refractivity contribution in [3.63, 3.8) is 0 Å². The van der Waals surface area contributed by atoms with Crippen molar-refractivity contribution in [2.75, 3.05) is 6.61 Å². The van der Waals surface area contributed by atoms with Crippen LogP contribution in [0.3, 0.4) is 0 Å². The fourth-order valence-corrected chi connectivity index (χ4v) is 2.41. The van der Waals surface area contributed by atoms with Gasteiger partial charge in [0, 0.05) is 6.54 Å². The first-order chi connectivity index (χ1) is 11.4. The lowest BCUT2D eigenvalue weighted by Crippen LogP contribution is -2.37. The molecule has 0 aliphatic carbocycles. The molecule has 1 heterocycles. The zero-order chi connectivity index (χ0) is 17.7. The Labute approximate surface area is 144 Å². The second-order valence-electron chi connectivity index (χ2n) is 6.43. The Bertz CT molecular complexity index is 692. The van der Waals surface area contributed by atoms with Crippen LogP contribution < -0.4 is 10.1 Å². The van der Waals surface area contributed by atoms with Crippen LogP contribution in [0.4, 0.5) is 0 Å². The van der Waals surface area contributed by atoms with Crippen LogP contribution in [-0.4, -0.2) is 28.3 Å². The second-order valence-corrected chi connectivity index (χ2v) is 6.43. The molecular formula is C19H27N3O2. The predicted octanol–water partition coefficient (Wildman–Crippen LogP) is 3.53. The molecule has 0 spiro atoms. The molecular weight excluding hydrogens is 302 g/mol. The Balaban J connectivity index is 1.96. The summed E-state index contributed by atoms with van der Waals surface area (Å²) >= 11 is 0. The van der Waals surface area contributed by atoms with Crippen molar-refractivity contribution in [3.05, 3.63) is 47.3 Å². The van der Waals surface area contributed by atoms with Crippen molar-refractivity contribution in [1.82, 2.24) is 15.1 Å². The maximum atomic E-state index is 12.5. The SMILES string of the molecule is CCn1nc(C(C)C)cc1C(=O)NC(C)COc1cccc(C)c1. The van der Waals surface area contributed by atoms with Gasteiger partial charge in [0.25, 0.3) is 5.91 Å². The van der Waals surface area contributed by atoms with E-state index in [1.807, 2.05) is 51.1 Å². The fourth-order valence-electron chi connectivity index (χ4n) is 2.41. The number of carbonyl (C=O) groups is 1. The van der Waals surface area contributed by atoms with Crippen LogP contribution in [0.25, 0.3) is 0 Å². The number of aromatic nitrogens is 2. The monoisotopic (exact) mass is 329 g/mol. The van der Waals surface area contributed by atoms with E-state index in [1.54, 1.807) is 4.68 Å². The lowest BCUT2D eigenvalue weighted by atomic mass is 10.1. The molecule has 24 heavy (non-hydrogen) atoms. The summed E-state index contributed by atoms with van der Waals surface area (Å²) in [7, 11) is 0. The molecule has 0 aliphatic rings. The van der Waals surface area contributed by atoms with E-state index < -0.39 is 0 Å². The van der Waals surface area contributed by atoms with Crippen molar-refractivity contribution in [1.29, 1.82) is 0 Å². The number of nitrogens with zero attached hydrogens (tertiary/aromatic N) is 2. The minimum absolute atomic E-state index is 0.0966. The molecule has 130 valence electrons. The van der Waals surface area contributed by atoms with Gasteiger partial charge >= 0.3 is 0 Å². The smallest absolute Gasteiger partial charge is 0.269 e. The number of amides is 1. The van der Waals surface area contributed by atoms with E-state index in [0.717, 1.165) is 17.0 Å². The van der Waals surface area contributed by atoms with E-state index in [-0.39, 0.29) is 11.9 Å². The molecule has 0 bridgehead atoms. The Morgan fingerprint density at radius 2 is 2.04 bits per heavy atom. The van der Waals surface area contributed by atoms with E-state index in [4.69, 9.17) is 4.74 Å². The van der Waals surface area contributed by atoms with Crippen LogP contribution >= 0.6 is 0 Å². The highest BCUT2D eigenvalue weighted by atomic mass is 16.5. The van der Waals surface area contributed by atoms with E-state index >= 15 is 0 Å². The first kappa shape index (κ1) is 18.0. The maximum absolute atomic E-state index is 12.5. The third kappa shape index (κ3) is 4.60. The summed E-state index contributed by atoms with van der Waals surface area (Å²) in [5, 5.41) is 7.47. The largest absolute Gasteiger partial charge is 0.491 e. The number of benzene rings is 1. The molecule has 5 heteroatoms. The fraction of sp³-hybridized carbons (Fsp3) is 0.474. The van der Waals surface area contributed by atoms with Crippen molar-refractivity contribution in [2.24, 2.45) is 0 Å². The predicted molar refractivity (Wildman–Crippen MR) is 95.6 cm³/mol. The molecule has 1 amide bonds. The van der Waals surface area contributed by atoms with Gasteiger partial charge < -0.3 is 10.1 Å². The Hall–Kier alpha value is -2.30. The van der Waals surface area contributed by atoms with Crippen LogP contribution in [0.2, 0.25) is 0 Å². The van der Waals surface area contributed by atoms with Gasteiger partial charge in [0.15, 0.2) is 0 Å². The molecule has 0 radical (unpaired) electrons. The van der Waals surface area contributed by atoms with E-state index in [9.17, 15) is 4.79 Å². The molecule has 1 aromatic carbocycles. The summed E-state index contributed by atoms with van der Waals surface area (Å²) in [5.41, 5.74) is 2.69. The summed E-state index contributed by atoms with van der Waals surface area (Å²) in [5.74, 6) is 1.000. The Morgan fingerprint density at radius 1 is 1.29 bits per heavy atom. The van der Waals surface area contributed by atoms with Gasteiger partial charge in [-0.2, -0.15) is 5.10 Å². The van der Waals surface area contributed by atoms with Crippen molar-refractivity contribution in [3.8, 4) is 5.75 Å². The molecule has 5 nitrogen and oxygen atoms in total. The average molecular weight is 329 g/mol. The standard InChI is InChI=1S/C19H27N3O2/c1-6-22-18(11-17(21-22)13(2)3)19(23)20-15(5)12-24-16-9-7-8-14(4)10-16/h7-11,13,15H,6,12H2,1-5H3,(H,20,23). The van der Waals surface area contributed by atoms with Crippen molar-refractivity contribution in [2.45, 2.75) is 53.1 Å². The van der Waals surface area contributed by atoms with Crippen LogP contribution in [0.15, 0.2) is 30.3 Å². The molecule has 1 atom stereocenters. The lowest BCUT2D eigenvalue weighted by Gasteiger charge is -2.15. The van der Waals surface area contributed by atoms with Crippen molar-refractivity contribution >= 4 is 5.91 Å². The van der Waals surface area contributed by atoms with Gasteiger partial charge in [-0.15, -0.1) is 0 Å². The average Bonchev–Trinajstić information content (AvgIpc) is 2.98. The molecule has 1 aromatic heterocycles. The van der Waals surface area contributed by atoms with Gasteiger partial charge in [0.2, 0.25) is 0 Å². The summed E-state index contributed by atoms with van der Waals surface area (Å²) in [6.45, 7) is 11.2. The first-order valence-corrected chi connectivity index (χ1v) is 8.48. The maximum Gasteiger partial charge on any atom is 0.269 e. The summed E-state index contributed by atoms with van der Waals surface area (Å²) in [4.78, 5) is 12.5. The summed E-state index contributed by atoms with van der Waals surface area (Å²) in [6.07, 6.45) is 0. The van der Waals surface area contributed by atoms with Gasteiger partial charge in [0.05, 0.1) is 11.7 Å². The quantitative estimate of drug-likeness (QED) is 0.845. The highest BCUT2D eigenvalue weighted by Gasteiger charge is 2.18. The van der Waals surface area contributed by atoms with Gasteiger partial charge in [-0.1, -0.05) is 26.0 Å². The third-order valence-electron chi connectivity index (χ3n) is 3.79. The zero-order valence-corrected chi connectivity index (χ0v) is 15.2. The van der Waals surface area contributed by atoms with Gasteiger partial charge in [-0.25, -0.2) is 0 Å². The highest BCUT2D eigenvalue weighted by Crippen LogP contribution is 2.15. The molecule has 0 saturated heterocycles. The normalized spacial score (nSPS) is 12.2. The third-order valence-corrected chi connectivity index (χ3v) is 3.79. The minimum Gasteiger partial charge on any atom is -0.491 e. The van der Waals surface area contributed by atoms with Crippen LogP contribution in [0.1, 0.15) is 55.4 Å². The highest BCUT2D eigenvalue weighted by molar-refractivity contribution is 5.92. The molecule has 0 fully saturated rings. The Morgan fingerprint density at radius 3 is 2.67 bits per heavy atom.